The van der Waals surface area contributed by atoms with E-state index in [1.807, 2.05) is 47.1 Å². The quantitative estimate of drug-likeness (QED) is 0.789. The maximum absolute atomic E-state index is 13.0. The van der Waals surface area contributed by atoms with Crippen LogP contribution in [0.25, 0.3) is 10.9 Å². The van der Waals surface area contributed by atoms with Crippen molar-refractivity contribution in [1.29, 1.82) is 0 Å². The predicted octanol–water partition coefficient (Wildman–Crippen LogP) is 2.48. The van der Waals surface area contributed by atoms with Gasteiger partial charge in [-0.3, -0.25) is 14.4 Å². The Bertz CT molecular complexity index is 946. The third kappa shape index (κ3) is 2.90. The van der Waals surface area contributed by atoms with Crippen molar-refractivity contribution >= 4 is 16.8 Å². The van der Waals surface area contributed by atoms with E-state index < -0.39 is 0 Å². The number of carbonyl (C=O) groups is 1. The van der Waals surface area contributed by atoms with Crippen LogP contribution in [0.15, 0.2) is 30.5 Å². The van der Waals surface area contributed by atoms with Gasteiger partial charge in [-0.05, 0) is 26.0 Å². The zero-order valence-corrected chi connectivity index (χ0v) is 15.6. The van der Waals surface area contributed by atoms with E-state index in [4.69, 9.17) is 0 Å². The lowest BCUT2D eigenvalue weighted by Gasteiger charge is -2.35. The summed E-state index contributed by atoms with van der Waals surface area (Å²) in [5.41, 5.74) is 5.33. The molecule has 3 heterocycles. The first-order valence-corrected chi connectivity index (χ1v) is 9.11. The average molecular weight is 351 g/mol. The number of piperazine rings is 1. The monoisotopic (exact) mass is 351 g/mol. The Hall–Kier alpha value is -2.60. The van der Waals surface area contributed by atoms with E-state index in [9.17, 15) is 4.79 Å². The second-order valence-corrected chi connectivity index (χ2v) is 7.09. The van der Waals surface area contributed by atoms with Gasteiger partial charge in [0.05, 0.1) is 16.8 Å². The second-order valence-electron chi connectivity index (χ2n) is 7.09. The number of carbonyl (C=O) groups excluding carboxylic acids is 1. The van der Waals surface area contributed by atoms with Crippen molar-refractivity contribution in [2.24, 2.45) is 7.05 Å². The molecule has 26 heavy (non-hydrogen) atoms. The molecule has 6 nitrogen and oxygen atoms in total. The van der Waals surface area contributed by atoms with Crippen molar-refractivity contribution in [2.45, 2.75) is 20.4 Å². The highest BCUT2D eigenvalue weighted by Gasteiger charge is 2.24. The number of hydrogen-bond acceptors (Lipinski definition) is 3. The van der Waals surface area contributed by atoms with Crippen LogP contribution in [0, 0.1) is 13.8 Å². The van der Waals surface area contributed by atoms with E-state index in [-0.39, 0.29) is 5.91 Å². The number of benzene rings is 1. The standard InChI is InChI=1S/C20H25N5O/c1-14-18(15(2)23(3)22-14)13-24-9-11-25(12-10-24)20(26)17-6-4-5-16-7-8-21-19(16)17/h4-8,21H,9-13H2,1-3H3. The molecule has 0 radical (unpaired) electrons. The summed E-state index contributed by atoms with van der Waals surface area (Å²) in [7, 11) is 1.99. The van der Waals surface area contributed by atoms with Gasteiger partial charge in [0.2, 0.25) is 0 Å². The molecular formula is C20H25N5O. The number of nitrogens with one attached hydrogen (secondary N) is 1. The molecule has 1 aromatic carbocycles. The molecule has 1 aliphatic rings. The lowest BCUT2D eigenvalue weighted by molar-refractivity contribution is 0.0629. The second kappa shape index (κ2) is 6.61. The molecule has 1 aliphatic heterocycles. The van der Waals surface area contributed by atoms with Gasteiger partial charge in [-0.1, -0.05) is 12.1 Å². The van der Waals surface area contributed by atoms with E-state index in [1.54, 1.807) is 0 Å². The van der Waals surface area contributed by atoms with Gasteiger partial charge in [0, 0.05) is 62.6 Å². The largest absolute Gasteiger partial charge is 0.361 e. The molecule has 3 aromatic rings. The van der Waals surface area contributed by atoms with Crippen molar-refractivity contribution in [3.63, 3.8) is 0 Å². The summed E-state index contributed by atoms with van der Waals surface area (Å²) >= 11 is 0. The van der Waals surface area contributed by atoms with Crippen molar-refractivity contribution < 1.29 is 4.79 Å². The molecule has 1 N–H and O–H groups in total. The average Bonchev–Trinajstić information content (AvgIpc) is 3.22. The number of amides is 1. The minimum atomic E-state index is 0.117. The van der Waals surface area contributed by atoms with Crippen molar-refractivity contribution in [3.8, 4) is 0 Å². The molecule has 136 valence electrons. The van der Waals surface area contributed by atoms with Gasteiger partial charge < -0.3 is 9.88 Å². The summed E-state index contributed by atoms with van der Waals surface area (Å²) in [5.74, 6) is 0.117. The third-order valence-electron chi connectivity index (χ3n) is 5.52. The van der Waals surface area contributed by atoms with Gasteiger partial charge >= 0.3 is 0 Å². The molecule has 1 saturated heterocycles. The molecule has 0 atom stereocenters. The topological polar surface area (TPSA) is 57.2 Å². The normalized spacial score (nSPS) is 15.7. The SMILES string of the molecule is Cc1nn(C)c(C)c1CN1CCN(C(=O)c2cccc3cc[nH]c23)CC1. The Balaban J connectivity index is 1.43. The van der Waals surface area contributed by atoms with E-state index in [0.29, 0.717) is 0 Å². The number of aromatic nitrogens is 3. The summed E-state index contributed by atoms with van der Waals surface area (Å²) in [6.45, 7) is 8.38. The Morgan fingerprint density at radius 1 is 1.15 bits per heavy atom. The Kier molecular flexibility index (Phi) is 4.28. The zero-order chi connectivity index (χ0) is 18.3. The first-order valence-electron chi connectivity index (χ1n) is 9.11. The lowest BCUT2D eigenvalue weighted by atomic mass is 10.1. The maximum Gasteiger partial charge on any atom is 0.256 e. The minimum Gasteiger partial charge on any atom is -0.361 e. The van der Waals surface area contributed by atoms with Crippen LogP contribution in [-0.4, -0.2) is 56.7 Å². The smallest absolute Gasteiger partial charge is 0.256 e. The van der Waals surface area contributed by atoms with Crippen LogP contribution in [0.4, 0.5) is 0 Å². The molecule has 1 amide bonds. The van der Waals surface area contributed by atoms with Gasteiger partial charge in [0.1, 0.15) is 0 Å². The van der Waals surface area contributed by atoms with Gasteiger partial charge in [0.25, 0.3) is 5.91 Å². The number of para-hydroxylation sites is 1. The number of rotatable bonds is 3. The van der Waals surface area contributed by atoms with Crippen LogP contribution >= 0.6 is 0 Å². The van der Waals surface area contributed by atoms with Crippen molar-refractivity contribution in [2.75, 3.05) is 26.2 Å². The van der Waals surface area contributed by atoms with Crippen molar-refractivity contribution in [3.05, 3.63) is 53.0 Å². The van der Waals surface area contributed by atoms with Crippen LogP contribution in [0.1, 0.15) is 27.3 Å². The lowest BCUT2D eigenvalue weighted by Crippen LogP contribution is -2.48. The van der Waals surface area contributed by atoms with E-state index in [2.05, 4.69) is 28.8 Å². The molecule has 0 aliphatic carbocycles. The highest BCUT2D eigenvalue weighted by atomic mass is 16.2. The third-order valence-corrected chi connectivity index (χ3v) is 5.52. The van der Waals surface area contributed by atoms with E-state index in [1.165, 1.54) is 11.3 Å². The molecule has 0 unspecified atom stereocenters. The molecule has 0 saturated carbocycles. The van der Waals surface area contributed by atoms with Crippen LogP contribution < -0.4 is 0 Å². The zero-order valence-electron chi connectivity index (χ0n) is 15.6. The van der Waals surface area contributed by atoms with Gasteiger partial charge in [0.15, 0.2) is 0 Å². The fourth-order valence-electron chi connectivity index (χ4n) is 3.81. The molecule has 0 bridgehead atoms. The molecule has 6 heteroatoms. The first-order chi connectivity index (χ1) is 12.5. The summed E-state index contributed by atoms with van der Waals surface area (Å²) in [4.78, 5) is 20.5. The molecule has 1 fully saturated rings. The highest BCUT2D eigenvalue weighted by Crippen LogP contribution is 2.20. The van der Waals surface area contributed by atoms with E-state index in [0.717, 1.165) is 54.9 Å². The number of H-pyrrole nitrogens is 1. The molecule has 0 spiro atoms. The maximum atomic E-state index is 13.0. The Morgan fingerprint density at radius 3 is 2.62 bits per heavy atom. The summed E-state index contributed by atoms with van der Waals surface area (Å²) in [6.07, 6.45) is 1.89. The Morgan fingerprint density at radius 2 is 1.92 bits per heavy atom. The van der Waals surface area contributed by atoms with Gasteiger partial charge in [-0.2, -0.15) is 5.10 Å². The molecule has 2 aromatic heterocycles. The number of hydrogen-bond donors (Lipinski definition) is 1. The fraction of sp³-hybridized carbons (Fsp3) is 0.400. The fourth-order valence-corrected chi connectivity index (χ4v) is 3.81. The predicted molar refractivity (Wildman–Crippen MR) is 102 cm³/mol. The van der Waals surface area contributed by atoms with E-state index >= 15 is 0 Å². The van der Waals surface area contributed by atoms with Gasteiger partial charge in [-0.25, -0.2) is 0 Å². The number of fused-ring (bicyclic) bond motifs is 1. The summed E-state index contributed by atoms with van der Waals surface area (Å²) in [6, 6.07) is 7.89. The number of nitrogens with zero attached hydrogens (tertiary/aromatic N) is 4. The highest BCUT2D eigenvalue weighted by molar-refractivity contribution is 6.05. The first kappa shape index (κ1) is 16.8. The van der Waals surface area contributed by atoms with Gasteiger partial charge in [-0.15, -0.1) is 0 Å². The van der Waals surface area contributed by atoms with Crippen LogP contribution in [0.3, 0.4) is 0 Å². The summed E-state index contributed by atoms with van der Waals surface area (Å²) in [5, 5.41) is 5.59. The Labute approximate surface area is 153 Å². The minimum absolute atomic E-state index is 0.117. The van der Waals surface area contributed by atoms with Crippen molar-refractivity contribution in [1.82, 2.24) is 24.6 Å². The van der Waals surface area contributed by atoms with Crippen LogP contribution in [-0.2, 0) is 13.6 Å². The van der Waals surface area contributed by atoms with Crippen LogP contribution in [0.2, 0.25) is 0 Å². The number of aromatic amines is 1. The molecule has 4 rings (SSSR count). The van der Waals surface area contributed by atoms with Crippen LogP contribution in [0.5, 0.6) is 0 Å². The molecular weight excluding hydrogens is 326 g/mol. The summed E-state index contributed by atoms with van der Waals surface area (Å²) < 4.78 is 1.95. The number of aryl methyl sites for hydroxylation is 2.